The molecular weight excluding hydrogens is 459 g/mol. The molecule has 3 heterocycles. The zero-order valence-electron chi connectivity index (χ0n) is 20.9. The zero-order valence-corrected chi connectivity index (χ0v) is 20.9. The molecule has 9 heteroatoms. The Balaban J connectivity index is 1.45. The molecule has 1 saturated heterocycles. The second-order valence-corrected chi connectivity index (χ2v) is 9.63. The van der Waals surface area contributed by atoms with Crippen molar-refractivity contribution in [2.75, 3.05) is 18.4 Å². The fraction of sp³-hybridized carbons (Fsp3) is 0.370. The van der Waals surface area contributed by atoms with E-state index in [0.717, 1.165) is 37.0 Å². The van der Waals surface area contributed by atoms with Crippen LogP contribution in [0.15, 0.2) is 58.1 Å². The molecule has 0 unspecified atom stereocenters. The highest BCUT2D eigenvalue weighted by Crippen LogP contribution is 2.23. The number of piperidine rings is 1. The summed E-state index contributed by atoms with van der Waals surface area (Å²) in [5.41, 5.74) is 1.98. The molecule has 1 aliphatic rings. The number of halogens is 1. The largest absolute Gasteiger partial charge is 0.353 e. The Morgan fingerprint density at radius 3 is 2.42 bits per heavy atom. The zero-order chi connectivity index (χ0) is 25.4. The number of hydrogen-bond acceptors (Lipinski definition) is 5. The normalized spacial score (nSPS) is 15.0. The predicted octanol–water partition coefficient (Wildman–Crippen LogP) is 3.01. The van der Waals surface area contributed by atoms with Gasteiger partial charge in [0.05, 0.1) is 6.54 Å². The lowest BCUT2D eigenvalue weighted by molar-refractivity contribution is 0.211. The van der Waals surface area contributed by atoms with E-state index in [4.69, 9.17) is 0 Å². The summed E-state index contributed by atoms with van der Waals surface area (Å²) in [7, 11) is 3.05. The van der Waals surface area contributed by atoms with Crippen molar-refractivity contribution in [2.24, 2.45) is 14.1 Å². The fourth-order valence-corrected chi connectivity index (χ4v) is 4.97. The molecule has 36 heavy (non-hydrogen) atoms. The van der Waals surface area contributed by atoms with Gasteiger partial charge in [-0.25, -0.2) is 9.18 Å². The summed E-state index contributed by atoms with van der Waals surface area (Å²) in [4.78, 5) is 32.8. The molecule has 1 fully saturated rings. The molecule has 5 rings (SSSR count). The summed E-state index contributed by atoms with van der Waals surface area (Å²) in [5.74, 6) is 0.173. The van der Waals surface area contributed by atoms with E-state index < -0.39 is 11.2 Å². The second kappa shape index (κ2) is 9.73. The van der Waals surface area contributed by atoms with Gasteiger partial charge in [-0.15, -0.1) is 0 Å². The summed E-state index contributed by atoms with van der Waals surface area (Å²) in [5, 5.41) is 3.51. The SMILES string of the molecule is Cc1cccc(Cn2c(NC3CCN(Cc4ccccc4)CC3)nc3c2c(=O)n(C)c(=O)n3C)c1F. The lowest BCUT2D eigenvalue weighted by Crippen LogP contribution is -2.39. The molecule has 1 aliphatic heterocycles. The van der Waals surface area contributed by atoms with Crippen molar-refractivity contribution in [1.29, 1.82) is 0 Å². The monoisotopic (exact) mass is 490 g/mol. The molecule has 2 aromatic carbocycles. The van der Waals surface area contributed by atoms with Crippen LogP contribution in [0.5, 0.6) is 0 Å². The van der Waals surface area contributed by atoms with Gasteiger partial charge in [0.25, 0.3) is 5.56 Å². The van der Waals surface area contributed by atoms with Gasteiger partial charge in [-0.1, -0.05) is 48.5 Å². The van der Waals surface area contributed by atoms with Crippen LogP contribution in [0.2, 0.25) is 0 Å². The van der Waals surface area contributed by atoms with E-state index in [0.29, 0.717) is 22.7 Å². The third-order valence-corrected chi connectivity index (χ3v) is 7.12. The maximum absolute atomic E-state index is 14.9. The molecule has 0 amide bonds. The third-order valence-electron chi connectivity index (χ3n) is 7.12. The molecule has 0 atom stereocenters. The van der Waals surface area contributed by atoms with Crippen LogP contribution in [0, 0.1) is 12.7 Å². The summed E-state index contributed by atoms with van der Waals surface area (Å²) >= 11 is 0. The van der Waals surface area contributed by atoms with Crippen molar-refractivity contribution in [2.45, 2.75) is 38.9 Å². The smallest absolute Gasteiger partial charge is 0.332 e. The van der Waals surface area contributed by atoms with E-state index >= 15 is 0 Å². The van der Waals surface area contributed by atoms with Crippen molar-refractivity contribution >= 4 is 17.1 Å². The first-order valence-electron chi connectivity index (χ1n) is 12.3. The van der Waals surface area contributed by atoms with Crippen LogP contribution in [0.25, 0.3) is 11.2 Å². The highest BCUT2D eigenvalue weighted by atomic mass is 19.1. The molecule has 188 valence electrons. The highest BCUT2D eigenvalue weighted by Gasteiger charge is 2.24. The fourth-order valence-electron chi connectivity index (χ4n) is 4.97. The van der Waals surface area contributed by atoms with Crippen molar-refractivity contribution in [1.82, 2.24) is 23.6 Å². The van der Waals surface area contributed by atoms with Gasteiger partial charge in [0.15, 0.2) is 11.2 Å². The molecule has 4 aromatic rings. The molecule has 1 N–H and O–H groups in total. The van der Waals surface area contributed by atoms with Gasteiger partial charge in [0.1, 0.15) is 5.82 Å². The van der Waals surface area contributed by atoms with Gasteiger partial charge in [-0.05, 0) is 30.9 Å². The molecule has 0 radical (unpaired) electrons. The number of aromatic nitrogens is 4. The third kappa shape index (κ3) is 4.46. The highest BCUT2D eigenvalue weighted by molar-refractivity contribution is 5.74. The van der Waals surface area contributed by atoms with Crippen LogP contribution in [0.3, 0.4) is 0 Å². The van der Waals surface area contributed by atoms with Crippen LogP contribution < -0.4 is 16.6 Å². The Morgan fingerprint density at radius 1 is 0.972 bits per heavy atom. The quantitative estimate of drug-likeness (QED) is 0.450. The molecule has 0 aliphatic carbocycles. The van der Waals surface area contributed by atoms with E-state index in [1.165, 1.54) is 17.2 Å². The van der Waals surface area contributed by atoms with Gasteiger partial charge in [-0.2, -0.15) is 4.98 Å². The lowest BCUT2D eigenvalue weighted by Gasteiger charge is -2.32. The lowest BCUT2D eigenvalue weighted by atomic mass is 10.0. The van der Waals surface area contributed by atoms with Crippen LogP contribution in [-0.4, -0.2) is 42.7 Å². The number of likely N-dealkylation sites (tertiary alicyclic amines) is 1. The first kappa shape index (κ1) is 24.0. The molecule has 0 bridgehead atoms. The number of aryl methyl sites for hydroxylation is 2. The van der Waals surface area contributed by atoms with Gasteiger partial charge >= 0.3 is 5.69 Å². The number of hydrogen-bond donors (Lipinski definition) is 1. The van der Waals surface area contributed by atoms with Gasteiger partial charge in [0, 0.05) is 45.3 Å². The van der Waals surface area contributed by atoms with Crippen LogP contribution in [0.4, 0.5) is 10.3 Å². The average molecular weight is 491 g/mol. The van der Waals surface area contributed by atoms with Gasteiger partial charge in [0.2, 0.25) is 5.95 Å². The molecular formula is C27H31FN6O2. The second-order valence-electron chi connectivity index (χ2n) is 9.63. The first-order valence-corrected chi connectivity index (χ1v) is 12.3. The topological polar surface area (TPSA) is 77.1 Å². The Bertz CT molecular complexity index is 1510. The summed E-state index contributed by atoms with van der Waals surface area (Å²) < 4.78 is 19.1. The number of nitrogens with one attached hydrogen (secondary N) is 1. The molecule has 0 saturated carbocycles. The van der Waals surface area contributed by atoms with Gasteiger partial charge in [-0.3, -0.25) is 23.4 Å². The van der Waals surface area contributed by atoms with Crippen LogP contribution >= 0.6 is 0 Å². The maximum atomic E-state index is 14.9. The Hall–Kier alpha value is -3.72. The van der Waals surface area contributed by atoms with Crippen molar-refractivity contribution in [3.05, 3.63) is 91.9 Å². The Kier molecular flexibility index (Phi) is 6.49. The minimum absolute atomic E-state index is 0.132. The summed E-state index contributed by atoms with van der Waals surface area (Å²) in [6, 6.07) is 15.8. The summed E-state index contributed by atoms with van der Waals surface area (Å²) in [6.07, 6.45) is 1.82. The van der Waals surface area contributed by atoms with Crippen LogP contribution in [-0.2, 0) is 27.2 Å². The van der Waals surface area contributed by atoms with Crippen molar-refractivity contribution in [3.8, 4) is 0 Å². The van der Waals surface area contributed by atoms with E-state index in [1.54, 1.807) is 36.7 Å². The first-order chi connectivity index (χ1) is 17.3. The van der Waals surface area contributed by atoms with E-state index in [9.17, 15) is 14.0 Å². The molecule has 2 aromatic heterocycles. The predicted molar refractivity (Wildman–Crippen MR) is 139 cm³/mol. The molecule has 0 spiro atoms. The summed E-state index contributed by atoms with van der Waals surface area (Å²) in [6.45, 7) is 4.62. The standard InChI is InChI=1S/C27H31FN6O2/c1-18-8-7-11-20(22(18)28)17-34-23-24(31(2)27(36)32(3)25(23)35)30-26(34)29-21-12-14-33(15-13-21)16-19-9-5-4-6-10-19/h4-11,21H,12-17H2,1-3H3,(H,29,30). The van der Waals surface area contributed by atoms with Crippen LogP contribution in [0.1, 0.15) is 29.5 Å². The maximum Gasteiger partial charge on any atom is 0.332 e. The number of imidazole rings is 1. The average Bonchev–Trinajstić information content (AvgIpc) is 3.24. The number of anilines is 1. The van der Waals surface area contributed by atoms with Crippen molar-refractivity contribution < 1.29 is 4.39 Å². The van der Waals surface area contributed by atoms with Crippen molar-refractivity contribution in [3.63, 3.8) is 0 Å². The Morgan fingerprint density at radius 2 is 1.69 bits per heavy atom. The minimum Gasteiger partial charge on any atom is -0.353 e. The van der Waals surface area contributed by atoms with E-state index in [-0.39, 0.29) is 23.9 Å². The number of nitrogens with zero attached hydrogens (tertiary/aromatic N) is 5. The van der Waals surface area contributed by atoms with E-state index in [2.05, 4.69) is 39.5 Å². The number of rotatable bonds is 6. The van der Waals surface area contributed by atoms with E-state index in [1.807, 2.05) is 6.07 Å². The number of benzene rings is 2. The minimum atomic E-state index is -0.445. The Labute approximate surface area is 208 Å². The molecule has 8 nitrogen and oxygen atoms in total. The van der Waals surface area contributed by atoms with Gasteiger partial charge < -0.3 is 5.32 Å². The number of fused-ring (bicyclic) bond motifs is 1.